The zero-order chi connectivity index (χ0) is 15.5. The number of nitrogens with zero attached hydrogens (tertiary/aromatic N) is 1. The van der Waals surface area contributed by atoms with Gasteiger partial charge in [0, 0.05) is 17.8 Å². The lowest BCUT2D eigenvalue weighted by Crippen LogP contribution is -2.30. The van der Waals surface area contributed by atoms with E-state index in [1.54, 1.807) is 19.2 Å². The van der Waals surface area contributed by atoms with Crippen LogP contribution in [0.3, 0.4) is 0 Å². The summed E-state index contributed by atoms with van der Waals surface area (Å²) in [6.07, 6.45) is 1.98. The standard InChI is InChI=1S/C18H20N2O2.ClH/c1-22-16-8-3-5-13(12-16)17-9-4-10-20(17)18(21)14-6-2-7-15(19)11-14;/h2-3,5-8,11-12,17H,4,9-10,19H2,1H3;1H. The summed E-state index contributed by atoms with van der Waals surface area (Å²) in [5.74, 6) is 0.860. The van der Waals surface area contributed by atoms with E-state index in [-0.39, 0.29) is 24.4 Å². The van der Waals surface area contributed by atoms with Crippen LogP contribution in [0.4, 0.5) is 5.69 Å². The number of methoxy groups -OCH3 is 1. The van der Waals surface area contributed by atoms with Crippen molar-refractivity contribution in [3.05, 3.63) is 59.7 Å². The van der Waals surface area contributed by atoms with Crippen LogP contribution in [-0.4, -0.2) is 24.5 Å². The predicted octanol–water partition coefficient (Wildman–Crippen LogP) is 3.68. The highest BCUT2D eigenvalue weighted by molar-refractivity contribution is 5.95. The number of nitrogen functional groups attached to an aromatic ring is 1. The van der Waals surface area contributed by atoms with Gasteiger partial charge in [-0.05, 0) is 48.7 Å². The van der Waals surface area contributed by atoms with E-state index in [0.29, 0.717) is 11.3 Å². The number of carbonyl (C=O) groups excluding carboxylic acids is 1. The van der Waals surface area contributed by atoms with Crippen molar-refractivity contribution in [1.29, 1.82) is 0 Å². The molecule has 0 spiro atoms. The number of amides is 1. The molecule has 0 aliphatic carbocycles. The van der Waals surface area contributed by atoms with E-state index < -0.39 is 0 Å². The fourth-order valence-corrected chi connectivity index (χ4v) is 3.04. The second-order valence-electron chi connectivity index (χ2n) is 5.56. The maximum Gasteiger partial charge on any atom is 0.254 e. The molecule has 0 radical (unpaired) electrons. The summed E-state index contributed by atoms with van der Waals surface area (Å²) >= 11 is 0. The topological polar surface area (TPSA) is 55.6 Å². The first-order valence-corrected chi connectivity index (χ1v) is 7.49. The van der Waals surface area contributed by atoms with Crippen molar-refractivity contribution in [2.45, 2.75) is 18.9 Å². The van der Waals surface area contributed by atoms with E-state index in [1.165, 1.54) is 0 Å². The number of anilines is 1. The van der Waals surface area contributed by atoms with Crippen molar-refractivity contribution < 1.29 is 9.53 Å². The predicted molar refractivity (Wildman–Crippen MR) is 94.1 cm³/mol. The Morgan fingerprint density at radius 2 is 2.00 bits per heavy atom. The van der Waals surface area contributed by atoms with Crippen molar-refractivity contribution in [1.82, 2.24) is 4.90 Å². The molecule has 2 N–H and O–H groups in total. The molecule has 1 fully saturated rings. The van der Waals surface area contributed by atoms with Gasteiger partial charge in [-0.1, -0.05) is 18.2 Å². The largest absolute Gasteiger partial charge is 0.497 e. The molecular weight excluding hydrogens is 312 g/mol. The van der Waals surface area contributed by atoms with Crippen molar-refractivity contribution in [3.63, 3.8) is 0 Å². The first-order valence-electron chi connectivity index (χ1n) is 7.49. The van der Waals surface area contributed by atoms with Crippen LogP contribution in [0.15, 0.2) is 48.5 Å². The van der Waals surface area contributed by atoms with Crippen LogP contribution < -0.4 is 10.5 Å². The van der Waals surface area contributed by atoms with Gasteiger partial charge < -0.3 is 15.4 Å². The molecule has 4 nitrogen and oxygen atoms in total. The van der Waals surface area contributed by atoms with Gasteiger partial charge in [-0.2, -0.15) is 0 Å². The molecule has 1 atom stereocenters. The Morgan fingerprint density at radius 1 is 1.22 bits per heavy atom. The molecular formula is C18H21ClN2O2. The van der Waals surface area contributed by atoms with Crippen LogP contribution in [0, 0.1) is 0 Å². The Balaban J connectivity index is 0.00000192. The van der Waals surface area contributed by atoms with Crippen LogP contribution in [0.2, 0.25) is 0 Å². The molecule has 0 saturated carbocycles. The smallest absolute Gasteiger partial charge is 0.254 e. The lowest BCUT2D eigenvalue weighted by atomic mass is 10.0. The van der Waals surface area contributed by atoms with Gasteiger partial charge in [-0.3, -0.25) is 4.79 Å². The minimum Gasteiger partial charge on any atom is -0.497 e. The molecule has 122 valence electrons. The third-order valence-corrected chi connectivity index (χ3v) is 4.13. The summed E-state index contributed by atoms with van der Waals surface area (Å²) in [5.41, 5.74) is 8.17. The first-order chi connectivity index (χ1) is 10.7. The second-order valence-corrected chi connectivity index (χ2v) is 5.56. The highest BCUT2D eigenvalue weighted by atomic mass is 35.5. The van der Waals surface area contributed by atoms with Gasteiger partial charge in [0.05, 0.1) is 13.2 Å². The van der Waals surface area contributed by atoms with E-state index >= 15 is 0 Å². The monoisotopic (exact) mass is 332 g/mol. The zero-order valence-electron chi connectivity index (χ0n) is 13.1. The molecule has 1 aliphatic rings. The number of carbonyl (C=O) groups is 1. The molecule has 1 amide bonds. The molecule has 0 aromatic heterocycles. The SMILES string of the molecule is COc1cccc(C2CCCN2C(=O)c2cccc(N)c2)c1.Cl. The van der Waals surface area contributed by atoms with Gasteiger partial charge >= 0.3 is 0 Å². The maximum absolute atomic E-state index is 12.8. The van der Waals surface area contributed by atoms with Gasteiger partial charge in [-0.25, -0.2) is 0 Å². The summed E-state index contributed by atoms with van der Waals surface area (Å²) in [6, 6.07) is 15.2. The van der Waals surface area contributed by atoms with Crippen LogP contribution >= 0.6 is 12.4 Å². The van der Waals surface area contributed by atoms with Crippen LogP contribution in [0.25, 0.3) is 0 Å². The fraction of sp³-hybridized carbons (Fsp3) is 0.278. The number of hydrogen-bond donors (Lipinski definition) is 1. The Labute approximate surface area is 142 Å². The Morgan fingerprint density at radius 3 is 2.74 bits per heavy atom. The van der Waals surface area contributed by atoms with Crippen molar-refractivity contribution in [3.8, 4) is 5.75 Å². The second kappa shape index (κ2) is 7.38. The molecule has 0 bridgehead atoms. The minimum atomic E-state index is 0. The lowest BCUT2D eigenvalue weighted by molar-refractivity contribution is 0.0735. The van der Waals surface area contributed by atoms with Crippen LogP contribution in [0.5, 0.6) is 5.75 Å². The summed E-state index contributed by atoms with van der Waals surface area (Å²) < 4.78 is 5.29. The number of rotatable bonds is 3. The first kappa shape index (κ1) is 17.2. The van der Waals surface area contributed by atoms with E-state index in [4.69, 9.17) is 10.5 Å². The third kappa shape index (κ3) is 3.59. The van der Waals surface area contributed by atoms with E-state index in [1.807, 2.05) is 35.2 Å². The van der Waals surface area contributed by atoms with Gasteiger partial charge in [0.2, 0.25) is 0 Å². The number of halogens is 1. The van der Waals surface area contributed by atoms with Gasteiger partial charge in [0.1, 0.15) is 5.75 Å². The van der Waals surface area contributed by atoms with Gasteiger partial charge in [0.25, 0.3) is 5.91 Å². The lowest BCUT2D eigenvalue weighted by Gasteiger charge is -2.25. The molecule has 1 saturated heterocycles. The maximum atomic E-state index is 12.8. The Bertz CT molecular complexity index is 690. The molecule has 3 rings (SSSR count). The number of nitrogens with two attached hydrogens (primary N) is 1. The normalized spacial score (nSPS) is 16.7. The molecule has 23 heavy (non-hydrogen) atoms. The summed E-state index contributed by atoms with van der Waals surface area (Å²) in [7, 11) is 1.66. The van der Waals surface area contributed by atoms with Gasteiger partial charge in [-0.15, -0.1) is 12.4 Å². The van der Waals surface area contributed by atoms with E-state index in [0.717, 1.165) is 30.7 Å². The number of ether oxygens (including phenoxy) is 1. The highest BCUT2D eigenvalue weighted by Crippen LogP contribution is 2.34. The van der Waals surface area contributed by atoms with Crippen molar-refractivity contribution >= 4 is 24.0 Å². The number of hydrogen-bond acceptors (Lipinski definition) is 3. The Kier molecular flexibility index (Phi) is 5.50. The fourth-order valence-electron chi connectivity index (χ4n) is 3.04. The quantitative estimate of drug-likeness (QED) is 0.872. The van der Waals surface area contributed by atoms with E-state index in [9.17, 15) is 4.79 Å². The van der Waals surface area contributed by atoms with Crippen molar-refractivity contribution in [2.24, 2.45) is 0 Å². The highest BCUT2D eigenvalue weighted by Gasteiger charge is 2.30. The van der Waals surface area contributed by atoms with Crippen molar-refractivity contribution in [2.75, 3.05) is 19.4 Å². The van der Waals surface area contributed by atoms with E-state index in [2.05, 4.69) is 6.07 Å². The Hall–Kier alpha value is -2.20. The molecule has 1 heterocycles. The minimum absolute atomic E-state index is 0. The zero-order valence-corrected chi connectivity index (χ0v) is 13.9. The van der Waals surface area contributed by atoms with Crippen LogP contribution in [-0.2, 0) is 0 Å². The number of likely N-dealkylation sites (tertiary alicyclic amines) is 1. The molecule has 2 aromatic carbocycles. The average Bonchev–Trinajstić information content (AvgIpc) is 3.04. The summed E-state index contributed by atoms with van der Waals surface area (Å²) in [6.45, 7) is 0.773. The molecule has 1 aliphatic heterocycles. The average molecular weight is 333 g/mol. The summed E-state index contributed by atoms with van der Waals surface area (Å²) in [5, 5.41) is 0. The molecule has 1 unspecified atom stereocenters. The molecule has 5 heteroatoms. The van der Waals surface area contributed by atoms with Crippen LogP contribution in [0.1, 0.15) is 34.8 Å². The number of benzene rings is 2. The van der Waals surface area contributed by atoms with Gasteiger partial charge in [0.15, 0.2) is 0 Å². The summed E-state index contributed by atoms with van der Waals surface area (Å²) in [4.78, 5) is 14.7. The molecule has 2 aromatic rings. The third-order valence-electron chi connectivity index (χ3n) is 4.13.